The van der Waals surface area contributed by atoms with E-state index >= 15 is 0 Å². The Morgan fingerprint density at radius 1 is 1.23 bits per heavy atom. The molecule has 0 fully saturated rings. The molecule has 0 saturated carbocycles. The summed E-state index contributed by atoms with van der Waals surface area (Å²) < 4.78 is 11.0. The molecule has 1 atom stereocenters. The third kappa shape index (κ3) is 7.15. The molecule has 0 bridgehead atoms. The van der Waals surface area contributed by atoms with Gasteiger partial charge in [0.1, 0.15) is 0 Å². The molecule has 0 saturated heterocycles. The Labute approximate surface area is 82.6 Å². The molecule has 3 N–H and O–H groups in total. The average Bonchev–Trinajstić information content (AvgIpc) is 2.05. The summed E-state index contributed by atoms with van der Waals surface area (Å²) in [5, 5.41) is 3.15. The average molecular weight is 206 g/mol. The van der Waals surface area contributed by atoms with Crippen LogP contribution in [0.2, 0.25) is 6.04 Å². The Balaban J connectivity index is 3.64. The Morgan fingerprint density at radius 3 is 2.15 bits per heavy atom. The summed E-state index contributed by atoms with van der Waals surface area (Å²) in [5.41, 5.74) is 5.81. The van der Waals surface area contributed by atoms with Crippen LogP contribution in [0.5, 0.6) is 0 Å². The minimum atomic E-state index is -1.51. The molecule has 5 heteroatoms. The van der Waals surface area contributed by atoms with E-state index in [0.29, 0.717) is 0 Å². The van der Waals surface area contributed by atoms with Crippen molar-refractivity contribution in [3.63, 3.8) is 0 Å². The molecule has 0 radical (unpaired) electrons. The summed E-state index contributed by atoms with van der Waals surface area (Å²) in [6.45, 7) is 8.33. The van der Waals surface area contributed by atoms with Crippen LogP contribution in [0, 0.1) is 0 Å². The molecule has 0 aromatic rings. The normalized spacial score (nSPS) is 13.6. The van der Waals surface area contributed by atoms with Crippen molar-refractivity contribution in [2.75, 3.05) is 19.8 Å². The summed E-state index contributed by atoms with van der Waals surface area (Å²) in [7, 11) is -1.51. The molecular formula is C8H22N2O2Si. The molecule has 13 heavy (non-hydrogen) atoms. The number of nitrogens with one attached hydrogen (secondary N) is 1. The Kier molecular flexibility index (Phi) is 8.68. The number of rotatable bonds is 8. The van der Waals surface area contributed by atoms with Crippen LogP contribution in [-0.2, 0) is 8.85 Å². The Bertz CT molecular complexity index is 110. The summed E-state index contributed by atoms with van der Waals surface area (Å²) in [6, 6.07) is 0.829. The van der Waals surface area contributed by atoms with Gasteiger partial charge in [0.25, 0.3) is 0 Å². The van der Waals surface area contributed by atoms with Gasteiger partial charge in [0, 0.05) is 19.3 Å². The highest BCUT2D eigenvalue weighted by atomic mass is 28.3. The maximum Gasteiger partial charge on any atom is 0.324 e. The molecule has 0 aliphatic rings. The SMILES string of the molecule is CCNC(N)C[SiH](OCC)OCC. The smallest absolute Gasteiger partial charge is 0.324 e. The molecule has 0 aromatic heterocycles. The van der Waals surface area contributed by atoms with E-state index in [4.69, 9.17) is 14.6 Å². The van der Waals surface area contributed by atoms with E-state index in [2.05, 4.69) is 5.32 Å². The first kappa shape index (κ1) is 13.1. The highest BCUT2D eigenvalue weighted by Gasteiger charge is 2.15. The van der Waals surface area contributed by atoms with Gasteiger partial charge in [0.15, 0.2) is 0 Å². The lowest BCUT2D eigenvalue weighted by Crippen LogP contribution is -2.42. The first-order valence-electron chi connectivity index (χ1n) is 4.96. The first-order chi connectivity index (χ1) is 6.24. The van der Waals surface area contributed by atoms with E-state index in [1.165, 1.54) is 0 Å². The van der Waals surface area contributed by atoms with Gasteiger partial charge >= 0.3 is 9.28 Å². The van der Waals surface area contributed by atoms with Crippen LogP contribution in [0.1, 0.15) is 20.8 Å². The Hall–Kier alpha value is 0.0569. The molecule has 0 rings (SSSR count). The zero-order valence-corrected chi connectivity index (χ0v) is 10.0. The highest BCUT2D eigenvalue weighted by molar-refractivity contribution is 6.44. The standard InChI is InChI=1S/C8H22N2O2Si/c1-4-10-8(9)7-13(11-5-2)12-6-3/h8,10,13H,4-7,9H2,1-3H3. The van der Waals surface area contributed by atoms with Gasteiger partial charge in [0.2, 0.25) is 0 Å². The minimum Gasteiger partial charge on any atom is -0.397 e. The van der Waals surface area contributed by atoms with Crippen LogP contribution < -0.4 is 11.1 Å². The summed E-state index contributed by atoms with van der Waals surface area (Å²) in [5.74, 6) is 0. The van der Waals surface area contributed by atoms with Crippen molar-refractivity contribution in [2.24, 2.45) is 5.73 Å². The van der Waals surface area contributed by atoms with E-state index in [-0.39, 0.29) is 6.17 Å². The van der Waals surface area contributed by atoms with Crippen LogP contribution in [0.3, 0.4) is 0 Å². The van der Waals surface area contributed by atoms with Gasteiger partial charge in [-0.1, -0.05) is 6.92 Å². The highest BCUT2D eigenvalue weighted by Crippen LogP contribution is 1.99. The molecule has 4 nitrogen and oxygen atoms in total. The molecule has 1 unspecified atom stereocenters. The van der Waals surface area contributed by atoms with Gasteiger partial charge in [-0.25, -0.2) is 0 Å². The first-order valence-corrected chi connectivity index (χ1v) is 6.72. The van der Waals surface area contributed by atoms with Gasteiger partial charge in [-0.3, -0.25) is 0 Å². The number of nitrogens with two attached hydrogens (primary N) is 1. The topological polar surface area (TPSA) is 56.5 Å². The second-order valence-corrected chi connectivity index (χ2v) is 4.74. The maximum atomic E-state index is 5.81. The van der Waals surface area contributed by atoms with Gasteiger partial charge in [-0.05, 0) is 20.4 Å². The number of hydrogen-bond donors (Lipinski definition) is 2. The largest absolute Gasteiger partial charge is 0.397 e. The second kappa shape index (κ2) is 8.65. The van der Waals surface area contributed by atoms with E-state index in [9.17, 15) is 0 Å². The zero-order valence-electron chi connectivity index (χ0n) is 8.88. The molecule has 0 heterocycles. The Morgan fingerprint density at radius 2 is 1.77 bits per heavy atom. The summed E-state index contributed by atoms with van der Waals surface area (Å²) in [4.78, 5) is 0. The lowest BCUT2D eigenvalue weighted by atomic mass is 10.5. The van der Waals surface area contributed by atoms with Crippen molar-refractivity contribution in [1.82, 2.24) is 5.32 Å². The van der Waals surface area contributed by atoms with Crippen LogP contribution >= 0.6 is 0 Å². The third-order valence-corrected chi connectivity index (χ3v) is 3.92. The van der Waals surface area contributed by atoms with Gasteiger partial charge in [0.05, 0.1) is 6.17 Å². The zero-order chi connectivity index (χ0) is 10.1. The third-order valence-electron chi connectivity index (χ3n) is 1.62. The van der Waals surface area contributed by atoms with Gasteiger partial charge in [-0.2, -0.15) is 0 Å². The van der Waals surface area contributed by atoms with Crippen LogP contribution in [0.4, 0.5) is 0 Å². The molecule has 0 aliphatic carbocycles. The summed E-state index contributed by atoms with van der Waals surface area (Å²) >= 11 is 0. The van der Waals surface area contributed by atoms with Crippen LogP contribution in [-0.4, -0.2) is 35.2 Å². The van der Waals surface area contributed by atoms with Crippen molar-refractivity contribution < 1.29 is 8.85 Å². The molecule has 0 amide bonds. The van der Waals surface area contributed by atoms with E-state index in [1.54, 1.807) is 0 Å². The van der Waals surface area contributed by atoms with Gasteiger partial charge in [-0.15, -0.1) is 0 Å². The van der Waals surface area contributed by atoms with E-state index in [1.807, 2.05) is 20.8 Å². The molecule has 0 aliphatic heterocycles. The maximum absolute atomic E-state index is 5.81. The predicted octanol–water partition coefficient (Wildman–Crippen LogP) is 0.174. The molecule has 0 aromatic carbocycles. The van der Waals surface area contributed by atoms with Crippen LogP contribution in [0.25, 0.3) is 0 Å². The number of hydrogen-bond acceptors (Lipinski definition) is 4. The van der Waals surface area contributed by atoms with Crippen molar-refractivity contribution in [2.45, 2.75) is 33.0 Å². The van der Waals surface area contributed by atoms with E-state index < -0.39 is 9.28 Å². The minimum absolute atomic E-state index is 0.0137. The summed E-state index contributed by atoms with van der Waals surface area (Å²) in [6.07, 6.45) is 0.0137. The fraction of sp³-hybridized carbons (Fsp3) is 1.00. The lowest BCUT2D eigenvalue weighted by Gasteiger charge is -2.19. The molecular weight excluding hydrogens is 184 g/mol. The van der Waals surface area contributed by atoms with Gasteiger partial charge < -0.3 is 19.9 Å². The fourth-order valence-corrected chi connectivity index (χ4v) is 2.80. The predicted molar refractivity (Wildman–Crippen MR) is 56.9 cm³/mol. The van der Waals surface area contributed by atoms with Crippen molar-refractivity contribution in [3.05, 3.63) is 0 Å². The molecule has 80 valence electrons. The van der Waals surface area contributed by atoms with Crippen molar-refractivity contribution in [3.8, 4) is 0 Å². The fourth-order valence-electron chi connectivity index (χ4n) is 1.11. The van der Waals surface area contributed by atoms with Crippen molar-refractivity contribution in [1.29, 1.82) is 0 Å². The monoisotopic (exact) mass is 206 g/mol. The molecule has 0 spiro atoms. The second-order valence-electron chi connectivity index (χ2n) is 2.74. The lowest BCUT2D eigenvalue weighted by molar-refractivity contribution is 0.210. The quantitative estimate of drug-likeness (QED) is 0.439. The van der Waals surface area contributed by atoms with Crippen molar-refractivity contribution >= 4 is 9.28 Å². The van der Waals surface area contributed by atoms with Crippen LogP contribution in [0.15, 0.2) is 0 Å². The van der Waals surface area contributed by atoms with E-state index in [0.717, 1.165) is 25.8 Å².